The molecule has 0 bridgehead atoms. The maximum atomic E-state index is 11.7. The molecule has 0 aromatic carbocycles. The summed E-state index contributed by atoms with van der Waals surface area (Å²) >= 11 is 0. The molecule has 0 saturated carbocycles. The van der Waals surface area contributed by atoms with Crippen molar-refractivity contribution in [3.63, 3.8) is 0 Å². The highest BCUT2D eigenvalue weighted by Gasteiger charge is 2.16. The summed E-state index contributed by atoms with van der Waals surface area (Å²) in [5.74, 6) is 0.382. The van der Waals surface area contributed by atoms with Gasteiger partial charge in [0.15, 0.2) is 0 Å². The van der Waals surface area contributed by atoms with Crippen molar-refractivity contribution in [2.75, 3.05) is 13.1 Å². The lowest BCUT2D eigenvalue weighted by atomic mass is 10.1. The first-order chi connectivity index (χ1) is 6.02. The van der Waals surface area contributed by atoms with Crippen LogP contribution in [0.5, 0.6) is 0 Å². The lowest BCUT2D eigenvalue weighted by molar-refractivity contribution is -0.134. The van der Waals surface area contributed by atoms with E-state index in [1.54, 1.807) is 0 Å². The molecule has 0 rings (SSSR count). The summed E-state index contributed by atoms with van der Waals surface area (Å²) < 4.78 is 0. The van der Waals surface area contributed by atoms with Gasteiger partial charge in [-0.2, -0.15) is 0 Å². The maximum Gasteiger partial charge on any atom is 0.225 e. The first-order valence-corrected chi connectivity index (χ1v) is 4.96. The van der Waals surface area contributed by atoms with Crippen LogP contribution < -0.4 is 0 Å². The van der Waals surface area contributed by atoms with Gasteiger partial charge in [0, 0.05) is 19.0 Å². The van der Waals surface area contributed by atoms with Crippen molar-refractivity contribution >= 4 is 5.91 Å². The van der Waals surface area contributed by atoms with Gasteiger partial charge in [0.1, 0.15) is 0 Å². The fraction of sp³-hybridized carbons (Fsp3) is 0.727. The molecule has 13 heavy (non-hydrogen) atoms. The fourth-order valence-electron chi connectivity index (χ4n) is 1.16. The number of carbonyl (C=O) groups excluding carboxylic acids is 1. The van der Waals surface area contributed by atoms with E-state index in [1.165, 1.54) is 0 Å². The molecule has 1 atom stereocenters. The molecule has 0 radical (unpaired) electrons. The Morgan fingerprint density at radius 2 is 2.00 bits per heavy atom. The molecule has 0 N–H and O–H groups in total. The quantitative estimate of drug-likeness (QED) is 0.599. The first-order valence-electron chi connectivity index (χ1n) is 4.96. The van der Waals surface area contributed by atoms with Crippen molar-refractivity contribution < 1.29 is 4.79 Å². The van der Waals surface area contributed by atoms with E-state index in [1.807, 2.05) is 32.6 Å². The second-order valence-electron chi connectivity index (χ2n) is 3.62. The summed E-state index contributed by atoms with van der Waals surface area (Å²) in [5, 5.41) is 0. The van der Waals surface area contributed by atoms with Crippen LogP contribution in [0, 0.1) is 5.92 Å². The molecule has 0 aliphatic carbocycles. The third-order valence-electron chi connectivity index (χ3n) is 2.19. The maximum absolute atomic E-state index is 11.7. The normalized spacial score (nSPS) is 12.3. The number of hydrogen-bond acceptors (Lipinski definition) is 1. The largest absolute Gasteiger partial charge is 0.339 e. The molecule has 0 heterocycles. The van der Waals surface area contributed by atoms with Gasteiger partial charge in [-0.15, -0.1) is 0 Å². The second-order valence-corrected chi connectivity index (χ2v) is 3.62. The van der Waals surface area contributed by atoms with Gasteiger partial charge < -0.3 is 4.90 Å². The topological polar surface area (TPSA) is 20.3 Å². The Balaban J connectivity index is 4.22. The van der Waals surface area contributed by atoms with E-state index in [2.05, 4.69) is 6.58 Å². The van der Waals surface area contributed by atoms with Crippen molar-refractivity contribution in [2.24, 2.45) is 5.92 Å². The number of rotatable bonds is 5. The van der Waals surface area contributed by atoms with Crippen LogP contribution in [-0.2, 0) is 4.79 Å². The SMILES string of the molecule is C=C(C)CN(CC)C(=O)C(C)CC. The van der Waals surface area contributed by atoms with Crippen molar-refractivity contribution in [3.05, 3.63) is 12.2 Å². The Morgan fingerprint density at radius 3 is 2.31 bits per heavy atom. The molecule has 0 aromatic rings. The van der Waals surface area contributed by atoms with Crippen LogP contribution in [0.3, 0.4) is 0 Å². The van der Waals surface area contributed by atoms with Gasteiger partial charge in [0.25, 0.3) is 0 Å². The summed E-state index contributed by atoms with van der Waals surface area (Å²) in [6.45, 7) is 13.3. The zero-order valence-electron chi connectivity index (χ0n) is 9.26. The van der Waals surface area contributed by atoms with Gasteiger partial charge in [0.05, 0.1) is 0 Å². The van der Waals surface area contributed by atoms with Crippen LogP contribution in [0.2, 0.25) is 0 Å². The number of hydrogen-bond donors (Lipinski definition) is 0. The van der Waals surface area contributed by atoms with Crippen molar-refractivity contribution in [1.29, 1.82) is 0 Å². The summed E-state index contributed by atoms with van der Waals surface area (Å²) in [4.78, 5) is 13.6. The van der Waals surface area contributed by atoms with E-state index in [0.717, 1.165) is 18.5 Å². The lowest BCUT2D eigenvalue weighted by Gasteiger charge is -2.23. The monoisotopic (exact) mass is 183 g/mol. The summed E-state index contributed by atoms with van der Waals surface area (Å²) in [7, 11) is 0. The third kappa shape index (κ3) is 4.11. The predicted molar refractivity (Wildman–Crippen MR) is 56.5 cm³/mol. The molecule has 2 heteroatoms. The Bertz CT molecular complexity index is 187. The minimum absolute atomic E-state index is 0.138. The van der Waals surface area contributed by atoms with Crippen LogP contribution >= 0.6 is 0 Å². The van der Waals surface area contributed by atoms with Gasteiger partial charge in [-0.05, 0) is 20.3 Å². The molecule has 0 fully saturated rings. The lowest BCUT2D eigenvalue weighted by Crippen LogP contribution is -2.35. The highest BCUT2D eigenvalue weighted by molar-refractivity contribution is 5.78. The molecule has 0 spiro atoms. The molecule has 2 nitrogen and oxygen atoms in total. The predicted octanol–water partition coefficient (Wildman–Crippen LogP) is 2.46. The van der Waals surface area contributed by atoms with Crippen LogP contribution in [0.15, 0.2) is 12.2 Å². The zero-order valence-corrected chi connectivity index (χ0v) is 9.26. The summed E-state index contributed by atoms with van der Waals surface area (Å²) in [6, 6.07) is 0. The van der Waals surface area contributed by atoms with E-state index < -0.39 is 0 Å². The van der Waals surface area contributed by atoms with Gasteiger partial charge >= 0.3 is 0 Å². The third-order valence-corrected chi connectivity index (χ3v) is 2.19. The van der Waals surface area contributed by atoms with Crippen molar-refractivity contribution in [1.82, 2.24) is 4.90 Å². The van der Waals surface area contributed by atoms with E-state index in [4.69, 9.17) is 0 Å². The average Bonchev–Trinajstić information content (AvgIpc) is 2.11. The smallest absolute Gasteiger partial charge is 0.225 e. The Hall–Kier alpha value is -0.790. The molecule has 1 amide bonds. The Kier molecular flexibility index (Phi) is 5.44. The number of carbonyl (C=O) groups is 1. The molecular formula is C11H21NO. The molecule has 0 saturated heterocycles. The van der Waals surface area contributed by atoms with Crippen LogP contribution in [0.25, 0.3) is 0 Å². The van der Waals surface area contributed by atoms with E-state index in [-0.39, 0.29) is 11.8 Å². The molecule has 1 unspecified atom stereocenters. The zero-order chi connectivity index (χ0) is 10.4. The van der Waals surface area contributed by atoms with Crippen LogP contribution in [-0.4, -0.2) is 23.9 Å². The van der Waals surface area contributed by atoms with Gasteiger partial charge in [-0.1, -0.05) is 26.0 Å². The van der Waals surface area contributed by atoms with Crippen molar-refractivity contribution in [3.8, 4) is 0 Å². The van der Waals surface area contributed by atoms with Crippen LogP contribution in [0.1, 0.15) is 34.1 Å². The molecule has 0 aromatic heterocycles. The minimum Gasteiger partial charge on any atom is -0.339 e. The minimum atomic E-state index is 0.138. The van der Waals surface area contributed by atoms with Gasteiger partial charge in [0.2, 0.25) is 5.91 Å². The number of amides is 1. The van der Waals surface area contributed by atoms with Gasteiger partial charge in [-0.25, -0.2) is 0 Å². The first kappa shape index (κ1) is 12.2. The fourth-order valence-corrected chi connectivity index (χ4v) is 1.16. The molecule has 0 aliphatic heterocycles. The standard InChI is InChI=1S/C11H21NO/c1-6-10(5)11(13)12(7-2)8-9(3)4/h10H,3,6-8H2,1-2,4-5H3. The Morgan fingerprint density at radius 1 is 1.46 bits per heavy atom. The second kappa shape index (κ2) is 5.79. The van der Waals surface area contributed by atoms with E-state index in [0.29, 0.717) is 6.54 Å². The number of likely N-dealkylation sites (N-methyl/N-ethyl adjacent to an activating group) is 1. The van der Waals surface area contributed by atoms with Crippen molar-refractivity contribution in [2.45, 2.75) is 34.1 Å². The molecule has 76 valence electrons. The number of nitrogens with zero attached hydrogens (tertiary/aromatic N) is 1. The summed E-state index contributed by atoms with van der Waals surface area (Å²) in [5.41, 5.74) is 1.04. The average molecular weight is 183 g/mol. The molecule has 0 aliphatic rings. The van der Waals surface area contributed by atoms with Gasteiger partial charge in [-0.3, -0.25) is 4.79 Å². The van der Waals surface area contributed by atoms with E-state index >= 15 is 0 Å². The highest BCUT2D eigenvalue weighted by atomic mass is 16.2. The van der Waals surface area contributed by atoms with E-state index in [9.17, 15) is 4.79 Å². The highest BCUT2D eigenvalue weighted by Crippen LogP contribution is 2.07. The Labute approximate surface area is 81.6 Å². The van der Waals surface area contributed by atoms with Crippen LogP contribution in [0.4, 0.5) is 0 Å². The summed E-state index contributed by atoms with van der Waals surface area (Å²) in [6.07, 6.45) is 0.908. The molecular weight excluding hydrogens is 162 g/mol.